The molecule has 4 rings (SSSR count). The maximum atomic E-state index is 13.6. The topological polar surface area (TPSA) is 53.1 Å². The van der Waals surface area contributed by atoms with Gasteiger partial charge in [0.15, 0.2) is 0 Å². The Balaban J connectivity index is 1.40. The minimum Gasteiger partial charge on any atom is -0.496 e. The molecule has 2 aromatic rings. The van der Waals surface area contributed by atoms with Crippen molar-refractivity contribution in [1.82, 2.24) is 9.80 Å². The average Bonchev–Trinajstić information content (AvgIpc) is 3.03. The van der Waals surface area contributed by atoms with Gasteiger partial charge in [-0.1, -0.05) is 18.2 Å². The molecule has 158 valence electrons. The Kier molecular flexibility index (Phi) is 5.83. The lowest BCUT2D eigenvalue weighted by Crippen LogP contribution is -2.52. The number of imide groups is 1. The SMILES string of the molecule is COc1ccc(F)cc1CN1CCN([C@@H]2CC(=O)N(c3ccccc3C)C2=O)CC1. The minimum atomic E-state index is -0.414. The van der Waals surface area contributed by atoms with Crippen molar-refractivity contribution >= 4 is 17.5 Å². The molecule has 0 spiro atoms. The molecule has 1 atom stereocenters. The molecule has 2 amide bonds. The molecule has 0 aliphatic carbocycles. The second-order valence-electron chi connectivity index (χ2n) is 7.84. The molecular formula is C23H26FN3O3. The van der Waals surface area contributed by atoms with Gasteiger partial charge >= 0.3 is 0 Å². The fourth-order valence-electron chi connectivity index (χ4n) is 4.31. The van der Waals surface area contributed by atoms with Crippen molar-refractivity contribution in [3.05, 3.63) is 59.4 Å². The van der Waals surface area contributed by atoms with Gasteiger partial charge in [0.2, 0.25) is 5.91 Å². The van der Waals surface area contributed by atoms with Crippen LogP contribution in [0.2, 0.25) is 0 Å². The van der Waals surface area contributed by atoms with Crippen LogP contribution >= 0.6 is 0 Å². The summed E-state index contributed by atoms with van der Waals surface area (Å²) in [6.45, 7) is 5.33. The smallest absolute Gasteiger partial charge is 0.251 e. The van der Waals surface area contributed by atoms with Crippen molar-refractivity contribution < 1.29 is 18.7 Å². The Bertz CT molecular complexity index is 956. The Morgan fingerprint density at radius 1 is 1.07 bits per heavy atom. The van der Waals surface area contributed by atoms with E-state index in [2.05, 4.69) is 9.80 Å². The molecule has 0 saturated carbocycles. The van der Waals surface area contributed by atoms with Crippen LogP contribution in [0.3, 0.4) is 0 Å². The van der Waals surface area contributed by atoms with Crippen LogP contribution in [0.25, 0.3) is 0 Å². The molecule has 2 aliphatic heterocycles. The predicted molar refractivity (Wildman–Crippen MR) is 112 cm³/mol. The first-order valence-corrected chi connectivity index (χ1v) is 10.2. The number of anilines is 1. The van der Waals surface area contributed by atoms with Gasteiger partial charge in [0.25, 0.3) is 5.91 Å². The Labute approximate surface area is 175 Å². The van der Waals surface area contributed by atoms with Gasteiger partial charge in [-0.15, -0.1) is 0 Å². The van der Waals surface area contributed by atoms with Gasteiger partial charge in [-0.05, 0) is 36.8 Å². The van der Waals surface area contributed by atoms with E-state index >= 15 is 0 Å². The van der Waals surface area contributed by atoms with E-state index in [4.69, 9.17) is 4.74 Å². The van der Waals surface area contributed by atoms with E-state index in [0.717, 1.165) is 24.2 Å². The molecule has 7 heteroatoms. The van der Waals surface area contributed by atoms with Crippen LogP contribution < -0.4 is 9.64 Å². The molecule has 0 aromatic heterocycles. The monoisotopic (exact) mass is 411 g/mol. The summed E-state index contributed by atoms with van der Waals surface area (Å²) in [5.74, 6) is 0.0980. The summed E-state index contributed by atoms with van der Waals surface area (Å²) >= 11 is 0. The third kappa shape index (κ3) is 3.95. The zero-order valence-electron chi connectivity index (χ0n) is 17.3. The number of methoxy groups -OCH3 is 1. The first-order chi connectivity index (χ1) is 14.5. The Morgan fingerprint density at radius 3 is 2.50 bits per heavy atom. The fourth-order valence-corrected chi connectivity index (χ4v) is 4.31. The number of nitrogens with zero attached hydrogens (tertiary/aromatic N) is 3. The normalized spacial score (nSPS) is 20.8. The van der Waals surface area contributed by atoms with Crippen LogP contribution in [-0.4, -0.2) is 60.9 Å². The summed E-state index contributed by atoms with van der Waals surface area (Å²) in [4.78, 5) is 31.3. The largest absolute Gasteiger partial charge is 0.496 e. The zero-order valence-corrected chi connectivity index (χ0v) is 17.3. The van der Waals surface area contributed by atoms with E-state index in [1.165, 1.54) is 17.0 Å². The number of rotatable bonds is 5. The highest BCUT2D eigenvalue weighted by Gasteiger charge is 2.43. The van der Waals surface area contributed by atoms with Crippen molar-refractivity contribution in [1.29, 1.82) is 0 Å². The lowest BCUT2D eigenvalue weighted by molar-refractivity contribution is -0.123. The van der Waals surface area contributed by atoms with Crippen molar-refractivity contribution in [3.8, 4) is 5.75 Å². The third-order valence-corrected chi connectivity index (χ3v) is 5.96. The summed E-state index contributed by atoms with van der Waals surface area (Å²) in [6.07, 6.45) is 0.213. The fraction of sp³-hybridized carbons (Fsp3) is 0.391. The van der Waals surface area contributed by atoms with Crippen molar-refractivity contribution in [2.24, 2.45) is 0 Å². The molecule has 2 fully saturated rings. The molecule has 0 N–H and O–H groups in total. The summed E-state index contributed by atoms with van der Waals surface area (Å²) in [6, 6.07) is 11.6. The maximum Gasteiger partial charge on any atom is 0.251 e. The summed E-state index contributed by atoms with van der Waals surface area (Å²) in [5, 5.41) is 0. The summed E-state index contributed by atoms with van der Waals surface area (Å²) in [5.41, 5.74) is 2.39. The van der Waals surface area contributed by atoms with Crippen LogP contribution in [0.1, 0.15) is 17.5 Å². The average molecular weight is 411 g/mol. The molecular weight excluding hydrogens is 385 g/mol. The Hall–Kier alpha value is -2.77. The van der Waals surface area contributed by atoms with E-state index in [0.29, 0.717) is 31.1 Å². The van der Waals surface area contributed by atoms with Crippen molar-refractivity contribution in [2.45, 2.75) is 25.9 Å². The molecule has 0 radical (unpaired) electrons. The lowest BCUT2D eigenvalue weighted by Gasteiger charge is -2.37. The summed E-state index contributed by atoms with van der Waals surface area (Å²) in [7, 11) is 1.58. The van der Waals surface area contributed by atoms with Crippen LogP contribution in [0, 0.1) is 12.7 Å². The molecule has 30 heavy (non-hydrogen) atoms. The number of benzene rings is 2. The lowest BCUT2D eigenvalue weighted by atomic mass is 10.1. The quantitative estimate of drug-likeness (QED) is 0.708. The van der Waals surface area contributed by atoms with Crippen LogP contribution in [0.5, 0.6) is 5.75 Å². The first kappa shape index (κ1) is 20.5. The highest BCUT2D eigenvalue weighted by Crippen LogP contribution is 2.29. The van der Waals surface area contributed by atoms with Gasteiger partial charge in [0, 0.05) is 38.3 Å². The molecule has 2 aliphatic rings. The number of para-hydroxylation sites is 1. The molecule has 6 nitrogen and oxygen atoms in total. The van der Waals surface area contributed by atoms with Crippen molar-refractivity contribution in [2.75, 3.05) is 38.2 Å². The van der Waals surface area contributed by atoms with E-state index in [1.807, 2.05) is 31.2 Å². The molecule has 2 saturated heterocycles. The van der Waals surface area contributed by atoms with E-state index < -0.39 is 6.04 Å². The number of carbonyl (C=O) groups is 2. The van der Waals surface area contributed by atoms with Gasteiger partial charge in [-0.3, -0.25) is 19.4 Å². The van der Waals surface area contributed by atoms with Crippen LogP contribution in [0.15, 0.2) is 42.5 Å². The number of aryl methyl sites for hydroxylation is 1. The van der Waals surface area contributed by atoms with Gasteiger partial charge in [0.1, 0.15) is 11.6 Å². The first-order valence-electron chi connectivity index (χ1n) is 10.2. The second-order valence-corrected chi connectivity index (χ2v) is 7.84. The number of piperazine rings is 1. The van der Waals surface area contributed by atoms with Crippen LogP contribution in [-0.2, 0) is 16.1 Å². The number of carbonyl (C=O) groups excluding carboxylic acids is 2. The maximum absolute atomic E-state index is 13.6. The molecule has 0 unspecified atom stereocenters. The van der Waals surface area contributed by atoms with E-state index in [-0.39, 0.29) is 24.1 Å². The number of hydrogen-bond donors (Lipinski definition) is 0. The zero-order chi connectivity index (χ0) is 21.3. The number of hydrogen-bond acceptors (Lipinski definition) is 5. The molecule has 2 aromatic carbocycles. The number of amides is 2. The highest BCUT2D eigenvalue weighted by molar-refractivity contribution is 6.22. The third-order valence-electron chi connectivity index (χ3n) is 5.96. The highest BCUT2D eigenvalue weighted by atomic mass is 19.1. The van der Waals surface area contributed by atoms with Gasteiger partial charge in [0.05, 0.1) is 25.3 Å². The molecule has 2 heterocycles. The summed E-state index contributed by atoms with van der Waals surface area (Å²) < 4.78 is 19.0. The number of halogens is 1. The van der Waals surface area contributed by atoms with E-state index in [1.54, 1.807) is 13.2 Å². The molecule has 0 bridgehead atoms. The predicted octanol–water partition coefficient (Wildman–Crippen LogP) is 2.59. The Morgan fingerprint density at radius 2 is 1.80 bits per heavy atom. The second kappa shape index (κ2) is 8.53. The standard InChI is InChI=1S/C23H26FN3O3/c1-16-5-3-4-6-19(16)27-22(28)14-20(23(27)29)26-11-9-25(10-12-26)15-17-13-18(24)7-8-21(17)30-2/h3-8,13,20H,9-12,14-15H2,1-2H3/t20-/m1/s1. The number of ether oxygens (including phenoxy) is 1. The minimum absolute atomic E-state index is 0.144. The van der Waals surface area contributed by atoms with E-state index in [9.17, 15) is 14.0 Å². The van der Waals surface area contributed by atoms with Gasteiger partial charge in [-0.25, -0.2) is 9.29 Å². The van der Waals surface area contributed by atoms with Gasteiger partial charge in [-0.2, -0.15) is 0 Å². The van der Waals surface area contributed by atoms with Crippen LogP contribution in [0.4, 0.5) is 10.1 Å². The van der Waals surface area contributed by atoms with Crippen molar-refractivity contribution in [3.63, 3.8) is 0 Å². The van der Waals surface area contributed by atoms with Gasteiger partial charge < -0.3 is 4.74 Å².